The van der Waals surface area contributed by atoms with E-state index in [4.69, 9.17) is 16.9 Å². The number of halogens is 1. The highest BCUT2D eigenvalue weighted by Gasteiger charge is 2.11. The molecule has 0 spiro atoms. The second-order valence-electron chi connectivity index (χ2n) is 4.86. The summed E-state index contributed by atoms with van der Waals surface area (Å²) >= 11 is 6.36. The van der Waals surface area contributed by atoms with Crippen molar-refractivity contribution in [2.75, 3.05) is 0 Å². The van der Waals surface area contributed by atoms with Crippen molar-refractivity contribution >= 4 is 28.6 Å². The van der Waals surface area contributed by atoms with Crippen LogP contribution in [0.2, 0.25) is 5.02 Å². The second-order valence-corrected chi connectivity index (χ2v) is 5.27. The molecule has 0 aliphatic rings. The van der Waals surface area contributed by atoms with E-state index in [1.54, 1.807) is 6.92 Å². The van der Waals surface area contributed by atoms with Crippen LogP contribution in [0.25, 0.3) is 22.7 Å². The highest BCUT2D eigenvalue weighted by molar-refractivity contribution is 6.36. The summed E-state index contributed by atoms with van der Waals surface area (Å²) < 4.78 is 2.09. The highest BCUT2D eigenvalue weighted by Crippen LogP contribution is 2.32. The fourth-order valence-corrected chi connectivity index (χ4v) is 2.73. The third-order valence-corrected chi connectivity index (χ3v) is 3.71. The van der Waals surface area contributed by atoms with Gasteiger partial charge in [-0.05, 0) is 37.3 Å². The minimum absolute atomic E-state index is 0.655. The molecule has 0 unspecified atom stereocenters. The fourth-order valence-electron chi connectivity index (χ4n) is 2.45. The Hall–Kier alpha value is -2.50. The van der Waals surface area contributed by atoms with Crippen LogP contribution in [-0.2, 0) is 0 Å². The quantitative estimate of drug-likeness (QED) is 0.596. The fraction of sp³-hybridized carbons (Fsp3) is 0.0556. The number of hydrogen-bond acceptors (Lipinski definition) is 1. The Bertz CT molecular complexity index is 867. The van der Waals surface area contributed by atoms with Crippen LogP contribution in [0.15, 0.2) is 60.3 Å². The first-order valence-corrected chi connectivity index (χ1v) is 7.02. The van der Waals surface area contributed by atoms with E-state index in [1.165, 1.54) is 0 Å². The van der Waals surface area contributed by atoms with Gasteiger partial charge in [-0.2, -0.15) is 5.26 Å². The van der Waals surface area contributed by atoms with Crippen LogP contribution in [0.1, 0.15) is 12.5 Å². The Balaban J connectivity index is 2.34. The van der Waals surface area contributed by atoms with Crippen molar-refractivity contribution in [3.8, 4) is 11.8 Å². The molecule has 0 amide bonds. The van der Waals surface area contributed by atoms with Gasteiger partial charge in [-0.15, -0.1) is 0 Å². The van der Waals surface area contributed by atoms with E-state index in [9.17, 15) is 0 Å². The number of hydrogen-bond donors (Lipinski definition) is 0. The van der Waals surface area contributed by atoms with E-state index >= 15 is 0 Å². The van der Waals surface area contributed by atoms with Crippen LogP contribution in [0.4, 0.5) is 0 Å². The Kier molecular flexibility index (Phi) is 3.51. The molecule has 0 bridgehead atoms. The molecular weight excluding hydrogens is 280 g/mol. The van der Waals surface area contributed by atoms with Crippen molar-refractivity contribution in [3.63, 3.8) is 0 Å². The molecule has 0 aliphatic carbocycles. The first-order valence-electron chi connectivity index (χ1n) is 6.64. The number of nitrogens with zero attached hydrogens (tertiary/aromatic N) is 2. The summed E-state index contributed by atoms with van der Waals surface area (Å²) in [6.07, 6.45) is 3.89. The van der Waals surface area contributed by atoms with Crippen LogP contribution in [0.5, 0.6) is 0 Å². The lowest BCUT2D eigenvalue weighted by molar-refractivity contribution is 1.13. The molecule has 0 N–H and O–H groups in total. The molecular formula is C18H13ClN2. The topological polar surface area (TPSA) is 28.7 Å². The zero-order valence-electron chi connectivity index (χ0n) is 11.5. The van der Waals surface area contributed by atoms with Crippen molar-refractivity contribution in [2.45, 2.75) is 6.92 Å². The molecule has 102 valence electrons. The van der Waals surface area contributed by atoms with Gasteiger partial charge in [0.15, 0.2) is 0 Å². The molecule has 0 saturated carbocycles. The summed E-state index contributed by atoms with van der Waals surface area (Å²) in [7, 11) is 0. The lowest BCUT2D eigenvalue weighted by Crippen LogP contribution is -1.90. The molecule has 0 aliphatic heterocycles. The van der Waals surface area contributed by atoms with Gasteiger partial charge in [0.25, 0.3) is 0 Å². The summed E-state index contributed by atoms with van der Waals surface area (Å²) in [5.41, 5.74) is 3.71. The molecule has 3 heteroatoms. The molecule has 2 aromatic carbocycles. The maximum atomic E-state index is 9.00. The monoisotopic (exact) mass is 292 g/mol. The van der Waals surface area contributed by atoms with Gasteiger partial charge in [0.2, 0.25) is 0 Å². The van der Waals surface area contributed by atoms with Crippen LogP contribution in [-0.4, -0.2) is 4.57 Å². The van der Waals surface area contributed by atoms with Gasteiger partial charge in [-0.3, -0.25) is 0 Å². The van der Waals surface area contributed by atoms with Crippen molar-refractivity contribution in [1.29, 1.82) is 5.26 Å². The van der Waals surface area contributed by atoms with E-state index in [0.717, 1.165) is 22.2 Å². The zero-order chi connectivity index (χ0) is 14.8. The van der Waals surface area contributed by atoms with Crippen LogP contribution < -0.4 is 0 Å². The average molecular weight is 293 g/mol. The third kappa shape index (κ3) is 2.44. The lowest BCUT2D eigenvalue weighted by atomic mass is 10.1. The van der Waals surface area contributed by atoms with Gasteiger partial charge < -0.3 is 4.57 Å². The normalized spacial score (nSPS) is 11.6. The van der Waals surface area contributed by atoms with Crippen LogP contribution >= 0.6 is 11.6 Å². The van der Waals surface area contributed by atoms with Crippen molar-refractivity contribution in [1.82, 2.24) is 4.57 Å². The first-order chi connectivity index (χ1) is 10.2. The lowest BCUT2D eigenvalue weighted by Gasteiger charge is -2.04. The number of para-hydroxylation sites is 1. The Labute approximate surface area is 128 Å². The Morgan fingerprint density at radius 1 is 1.14 bits per heavy atom. The van der Waals surface area contributed by atoms with E-state index in [1.807, 2.05) is 60.8 Å². The highest BCUT2D eigenvalue weighted by atomic mass is 35.5. The Morgan fingerprint density at radius 3 is 2.62 bits per heavy atom. The number of rotatable bonds is 2. The smallest absolute Gasteiger partial charge is 0.0944 e. The van der Waals surface area contributed by atoms with Gasteiger partial charge >= 0.3 is 0 Å². The van der Waals surface area contributed by atoms with Gasteiger partial charge in [0.1, 0.15) is 0 Å². The zero-order valence-corrected chi connectivity index (χ0v) is 12.3. The molecule has 3 aromatic rings. The minimum atomic E-state index is 0.655. The SMILES string of the molecule is C/C(C#N)=C/c1cn(-c2ccccc2)c2cccc(Cl)c12. The predicted octanol–water partition coefficient (Wildman–Crippen LogP) is 5.21. The van der Waals surface area contributed by atoms with Crippen molar-refractivity contribution < 1.29 is 0 Å². The van der Waals surface area contributed by atoms with Gasteiger partial charge in [-0.25, -0.2) is 0 Å². The number of fused-ring (bicyclic) bond motifs is 1. The summed E-state index contributed by atoms with van der Waals surface area (Å²) in [6.45, 7) is 1.79. The summed E-state index contributed by atoms with van der Waals surface area (Å²) in [6, 6.07) is 18.1. The Morgan fingerprint density at radius 2 is 1.90 bits per heavy atom. The van der Waals surface area contributed by atoms with Crippen molar-refractivity contribution in [2.24, 2.45) is 0 Å². The number of benzene rings is 2. The standard InChI is InChI=1S/C18H13ClN2/c1-13(11-20)10-14-12-21(15-6-3-2-4-7-15)17-9-5-8-16(19)18(14)17/h2-10,12H,1H3/b13-10-. The molecule has 0 radical (unpaired) electrons. The molecule has 21 heavy (non-hydrogen) atoms. The van der Waals surface area contributed by atoms with Gasteiger partial charge in [0.05, 0.1) is 16.6 Å². The third-order valence-electron chi connectivity index (χ3n) is 3.39. The molecule has 2 nitrogen and oxygen atoms in total. The van der Waals surface area contributed by atoms with E-state index < -0.39 is 0 Å². The van der Waals surface area contributed by atoms with E-state index in [2.05, 4.69) is 10.6 Å². The molecule has 1 heterocycles. The summed E-state index contributed by atoms with van der Waals surface area (Å²) in [4.78, 5) is 0. The number of aromatic nitrogens is 1. The van der Waals surface area contributed by atoms with Crippen LogP contribution in [0.3, 0.4) is 0 Å². The molecule has 0 fully saturated rings. The second kappa shape index (κ2) is 5.47. The average Bonchev–Trinajstić information content (AvgIpc) is 2.88. The minimum Gasteiger partial charge on any atom is -0.316 e. The van der Waals surface area contributed by atoms with Crippen LogP contribution in [0, 0.1) is 11.3 Å². The maximum Gasteiger partial charge on any atom is 0.0944 e. The molecule has 0 saturated heterocycles. The summed E-state index contributed by atoms with van der Waals surface area (Å²) in [5.74, 6) is 0. The van der Waals surface area contributed by atoms with E-state index in [0.29, 0.717) is 10.6 Å². The first kappa shape index (κ1) is 13.5. The molecule has 1 aromatic heterocycles. The predicted molar refractivity (Wildman–Crippen MR) is 87.5 cm³/mol. The van der Waals surface area contributed by atoms with Gasteiger partial charge in [0, 0.05) is 28.4 Å². The van der Waals surface area contributed by atoms with Gasteiger partial charge in [-0.1, -0.05) is 35.9 Å². The molecule has 3 rings (SSSR count). The number of allylic oxidation sites excluding steroid dienone is 1. The van der Waals surface area contributed by atoms with E-state index in [-0.39, 0.29) is 0 Å². The largest absolute Gasteiger partial charge is 0.316 e. The number of nitriles is 1. The van der Waals surface area contributed by atoms with Crippen molar-refractivity contribution in [3.05, 3.63) is 70.9 Å². The maximum absolute atomic E-state index is 9.00. The summed E-state index contributed by atoms with van der Waals surface area (Å²) in [5, 5.41) is 10.7. The molecule has 0 atom stereocenters.